The van der Waals surface area contributed by atoms with E-state index in [9.17, 15) is 13.2 Å². The quantitative estimate of drug-likeness (QED) is 0.827. The first-order valence-corrected chi connectivity index (χ1v) is 8.82. The molecule has 2 N–H and O–H groups in total. The van der Waals surface area contributed by atoms with Crippen molar-refractivity contribution in [1.29, 1.82) is 0 Å². The molecule has 1 amide bonds. The van der Waals surface area contributed by atoms with Crippen molar-refractivity contribution in [1.82, 2.24) is 4.72 Å². The lowest BCUT2D eigenvalue weighted by Gasteiger charge is -2.21. The van der Waals surface area contributed by atoms with E-state index in [2.05, 4.69) is 10.0 Å². The van der Waals surface area contributed by atoms with Crippen LogP contribution in [-0.4, -0.2) is 33.3 Å². The van der Waals surface area contributed by atoms with Crippen LogP contribution in [0.15, 0.2) is 23.1 Å². The Kier molecular flexibility index (Phi) is 6.40. The van der Waals surface area contributed by atoms with E-state index >= 15 is 0 Å². The second kappa shape index (κ2) is 7.65. The van der Waals surface area contributed by atoms with Gasteiger partial charge in [-0.15, -0.1) is 0 Å². The van der Waals surface area contributed by atoms with Gasteiger partial charge in [0.2, 0.25) is 10.0 Å². The van der Waals surface area contributed by atoms with Crippen molar-refractivity contribution >= 4 is 21.8 Å². The number of amides is 1. The van der Waals surface area contributed by atoms with Gasteiger partial charge >= 0.3 is 6.09 Å². The molecule has 0 radical (unpaired) electrons. The molecule has 0 saturated heterocycles. The molecule has 0 unspecified atom stereocenters. The Morgan fingerprint density at radius 2 is 1.83 bits per heavy atom. The summed E-state index contributed by atoms with van der Waals surface area (Å²) in [5, 5.41) is 2.49. The molecule has 0 saturated carbocycles. The van der Waals surface area contributed by atoms with Gasteiger partial charge in [-0.05, 0) is 52.8 Å². The minimum absolute atomic E-state index is 0.0303. The zero-order valence-electron chi connectivity index (χ0n) is 14.1. The minimum atomic E-state index is -3.72. The third-order valence-corrected chi connectivity index (χ3v) is 4.27. The SMILES string of the molecule is CCOC(=O)Nc1cc(S(=O)(=O)NC(C)(C)C)ccc1OCC. The Morgan fingerprint density at radius 1 is 1.17 bits per heavy atom. The van der Waals surface area contributed by atoms with Crippen LogP contribution in [0.4, 0.5) is 10.5 Å². The molecule has 1 rings (SSSR count). The second-order valence-electron chi connectivity index (χ2n) is 5.79. The van der Waals surface area contributed by atoms with Gasteiger partial charge in [0.05, 0.1) is 23.8 Å². The third kappa shape index (κ3) is 6.07. The zero-order chi connectivity index (χ0) is 17.7. The third-order valence-electron chi connectivity index (χ3n) is 2.51. The number of nitrogens with one attached hydrogen (secondary N) is 2. The van der Waals surface area contributed by atoms with E-state index in [1.165, 1.54) is 18.2 Å². The maximum Gasteiger partial charge on any atom is 0.411 e. The Labute approximate surface area is 137 Å². The van der Waals surface area contributed by atoms with Crippen molar-refractivity contribution in [3.8, 4) is 5.75 Å². The van der Waals surface area contributed by atoms with Gasteiger partial charge < -0.3 is 9.47 Å². The normalized spacial score (nSPS) is 11.9. The number of anilines is 1. The molecule has 0 fully saturated rings. The van der Waals surface area contributed by atoms with E-state index in [0.717, 1.165) is 0 Å². The van der Waals surface area contributed by atoms with Gasteiger partial charge in [0.15, 0.2) is 0 Å². The molecule has 0 bridgehead atoms. The van der Waals surface area contributed by atoms with E-state index in [1.54, 1.807) is 34.6 Å². The molecule has 1 aromatic carbocycles. The summed E-state index contributed by atoms with van der Waals surface area (Å²) < 4.78 is 37.5. The van der Waals surface area contributed by atoms with E-state index in [1.807, 2.05) is 0 Å². The predicted octanol–water partition coefficient (Wildman–Crippen LogP) is 2.73. The van der Waals surface area contributed by atoms with Crippen LogP contribution in [0.2, 0.25) is 0 Å². The van der Waals surface area contributed by atoms with Gasteiger partial charge in [-0.25, -0.2) is 17.9 Å². The van der Waals surface area contributed by atoms with Gasteiger partial charge in [0.1, 0.15) is 5.75 Å². The van der Waals surface area contributed by atoms with Crippen molar-refractivity contribution in [2.45, 2.75) is 45.1 Å². The maximum atomic E-state index is 12.4. The van der Waals surface area contributed by atoms with Crippen LogP contribution in [0.25, 0.3) is 0 Å². The molecule has 23 heavy (non-hydrogen) atoms. The first-order valence-electron chi connectivity index (χ1n) is 7.33. The first-order chi connectivity index (χ1) is 10.6. The lowest BCUT2D eigenvalue weighted by atomic mass is 10.1. The van der Waals surface area contributed by atoms with Crippen molar-refractivity contribution in [3.63, 3.8) is 0 Å². The van der Waals surface area contributed by atoms with E-state index < -0.39 is 21.7 Å². The van der Waals surface area contributed by atoms with Crippen molar-refractivity contribution in [2.75, 3.05) is 18.5 Å². The van der Waals surface area contributed by atoms with Crippen LogP contribution >= 0.6 is 0 Å². The summed E-state index contributed by atoms with van der Waals surface area (Å²) in [5.41, 5.74) is -0.381. The molecular weight excluding hydrogens is 320 g/mol. The number of hydrogen-bond donors (Lipinski definition) is 2. The Morgan fingerprint density at radius 3 is 2.35 bits per heavy atom. The number of sulfonamides is 1. The molecule has 0 spiro atoms. The topological polar surface area (TPSA) is 93.7 Å². The van der Waals surface area contributed by atoms with Crippen LogP contribution in [0.3, 0.4) is 0 Å². The first kappa shape index (κ1) is 19.2. The lowest BCUT2D eigenvalue weighted by Crippen LogP contribution is -2.40. The average Bonchev–Trinajstić information content (AvgIpc) is 2.38. The fraction of sp³-hybridized carbons (Fsp3) is 0.533. The highest BCUT2D eigenvalue weighted by Gasteiger charge is 2.23. The number of rotatable bonds is 6. The molecule has 0 aliphatic heterocycles. The number of benzene rings is 1. The summed E-state index contributed by atoms with van der Waals surface area (Å²) in [6, 6.07) is 4.27. The summed E-state index contributed by atoms with van der Waals surface area (Å²) in [6.45, 7) is 9.30. The summed E-state index contributed by atoms with van der Waals surface area (Å²) in [7, 11) is -3.72. The predicted molar refractivity (Wildman–Crippen MR) is 88.3 cm³/mol. The molecular formula is C15H24N2O5S. The van der Waals surface area contributed by atoms with Crippen molar-refractivity contribution < 1.29 is 22.7 Å². The monoisotopic (exact) mass is 344 g/mol. The van der Waals surface area contributed by atoms with Gasteiger partial charge in [0, 0.05) is 5.54 Å². The molecule has 0 atom stereocenters. The van der Waals surface area contributed by atoms with Crippen LogP contribution in [0, 0.1) is 0 Å². The molecule has 7 nitrogen and oxygen atoms in total. The fourth-order valence-electron chi connectivity index (χ4n) is 1.79. The Hall–Kier alpha value is -1.80. The summed E-state index contributed by atoms with van der Waals surface area (Å²) in [6.07, 6.45) is -0.674. The average molecular weight is 344 g/mol. The van der Waals surface area contributed by atoms with E-state index in [-0.39, 0.29) is 17.2 Å². The largest absolute Gasteiger partial charge is 0.492 e. The van der Waals surface area contributed by atoms with Gasteiger partial charge in [-0.1, -0.05) is 0 Å². The number of hydrogen-bond acceptors (Lipinski definition) is 5. The fourth-order valence-corrected chi connectivity index (χ4v) is 3.24. The molecule has 130 valence electrons. The summed E-state index contributed by atoms with van der Waals surface area (Å²) >= 11 is 0. The van der Waals surface area contributed by atoms with Crippen LogP contribution < -0.4 is 14.8 Å². The molecule has 0 heterocycles. The lowest BCUT2D eigenvalue weighted by molar-refractivity contribution is 0.167. The number of ether oxygens (including phenoxy) is 2. The Bertz CT molecular complexity index is 650. The minimum Gasteiger partial charge on any atom is -0.492 e. The second-order valence-corrected chi connectivity index (χ2v) is 7.47. The Balaban J connectivity index is 3.19. The molecule has 1 aromatic rings. The molecule has 0 aliphatic carbocycles. The smallest absolute Gasteiger partial charge is 0.411 e. The van der Waals surface area contributed by atoms with Crippen molar-refractivity contribution in [2.24, 2.45) is 0 Å². The van der Waals surface area contributed by atoms with E-state index in [0.29, 0.717) is 12.4 Å². The van der Waals surface area contributed by atoms with Gasteiger partial charge in [-0.3, -0.25) is 5.32 Å². The summed E-state index contributed by atoms with van der Waals surface area (Å²) in [5.74, 6) is 0.371. The molecule has 0 aromatic heterocycles. The van der Waals surface area contributed by atoms with E-state index in [4.69, 9.17) is 9.47 Å². The summed E-state index contributed by atoms with van der Waals surface area (Å²) in [4.78, 5) is 11.6. The van der Waals surface area contributed by atoms with Gasteiger partial charge in [0.25, 0.3) is 0 Å². The van der Waals surface area contributed by atoms with Crippen LogP contribution in [0.5, 0.6) is 5.75 Å². The maximum absolute atomic E-state index is 12.4. The van der Waals surface area contributed by atoms with Crippen LogP contribution in [0.1, 0.15) is 34.6 Å². The number of carbonyl (C=O) groups is 1. The zero-order valence-corrected chi connectivity index (χ0v) is 14.9. The van der Waals surface area contributed by atoms with Gasteiger partial charge in [-0.2, -0.15) is 0 Å². The van der Waals surface area contributed by atoms with Crippen LogP contribution in [-0.2, 0) is 14.8 Å². The highest BCUT2D eigenvalue weighted by molar-refractivity contribution is 7.89. The van der Waals surface area contributed by atoms with Crippen molar-refractivity contribution in [3.05, 3.63) is 18.2 Å². The number of carbonyl (C=O) groups excluding carboxylic acids is 1. The molecule has 0 aliphatic rings. The molecule has 8 heteroatoms. The standard InChI is InChI=1S/C15H24N2O5S/c1-6-21-13-9-8-11(23(19,20)17-15(3,4)5)10-12(13)16-14(18)22-7-2/h8-10,17H,6-7H2,1-5H3,(H,16,18). The highest BCUT2D eigenvalue weighted by Crippen LogP contribution is 2.28. The highest BCUT2D eigenvalue weighted by atomic mass is 32.2.